The molecule has 0 saturated heterocycles. The quantitative estimate of drug-likeness (QED) is 0.344. The number of guanidine groups is 1. The molecule has 1 aliphatic carbocycles. The van der Waals surface area contributed by atoms with E-state index in [1.807, 2.05) is 6.07 Å². The highest BCUT2D eigenvalue weighted by atomic mass is 127. The number of rotatable bonds is 9. The minimum Gasteiger partial charge on any atom is -0.383 e. The molecule has 0 bridgehead atoms. The van der Waals surface area contributed by atoms with Crippen LogP contribution in [0.25, 0.3) is 0 Å². The fourth-order valence-corrected chi connectivity index (χ4v) is 2.50. The molecule has 5 nitrogen and oxygen atoms in total. The molecule has 0 spiro atoms. The van der Waals surface area contributed by atoms with Crippen molar-refractivity contribution in [2.45, 2.75) is 25.4 Å². The smallest absolute Gasteiger partial charge is 0.191 e. The predicted octanol–water partition coefficient (Wildman–Crippen LogP) is 2.22. The normalized spacial score (nSPS) is 14.4. The number of hydrogen-bond donors (Lipinski definition) is 2. The number of ether oxygens (including phenoxy) is 1. The molecule has 24 heavy (non-hydrogen) atoms. The van der Waals surface area contributed by atoms with E-state index in [1.54, 1.807) is 20.2 Å². The summed E-state index contributed by atoms with van der Waals surface area (Å²) in [6.45, 7) is 4.08. The molecule has 2 rings (SSSR count). The van der Waals surface area contributed by atoms with Crippen molar-refractivity contribution in [2.24, 2.45) is 4.99 Å². The SMILES string of the molecule is CN=C(NCCN(CCOC)C1CC1)NCc1cccc(F)c1.I. The van der Waals surface area contributed by atoms with Crippen molar-refractivity contribution in [3.63, 3.8) is 0 Å². The first kappa shape index (κ1) is 21.1. The Morgan fingerprint density at radius 3 is 2.75 bits per heavy atom. The van der Waals surface area contributed by atoms with E-state index in [9.17, 15) is 4.39 Å². The molecular weight excluding hydrogens is 422 g/mol. The maximum absolute atomic E-state index is 13.2. The van der Waals surface area contributed by atoms with Crippen LogP contribution in [0, 0.1) is 5.82 Å². The molecule has 0 unspecified atom stereocenters. The van der Waals surface area contributed by atoms with E-state index in [0.29, 0.717) is 12.6 Å². The van der Waals surface area contributed by atoms with E-state index in [1.165, 1.54) is 25.0 Å². The van der Waals surface area contributed by atoms with Gasteiger partial charge in [-0.2, -0.15) is 0 Å². The molecule has 0 atom stereocenters. The van der Waals surface area contributed by atoms with Gasteiger partial charge in [-0.25, -0.2) is 4.39 Å². The Hall–Kier alpha value is -0.930. The van der Waals surface area contributed by atoms with E-state index in [0.717, 1.165) is 37.8 Å². The van der Waals surface area contributed by atoms with Crippen molar-refractivity contribution in [1.82, 2.24) is 15.5 Å². The molecule has 0 heterocycles. The third kappa shape index (κ3) is 7.76. The van der Waals surface area contributed by atoms with Crippen molar-refractivity contribution in [1.29, 1.82) is 0 Å². The summed E-state index contributed by atoms with van der Waals surface area (Å²) >= 11 is 0. The van der Waals surface area contributed by atoms with Crippen molar-refractivity contribution >= 4 is 29.9 Å². The van der Waals surface area contributed by atoms with Gasteiger partial charge in [0.05, 0.1) is 6.61 Å². The Balaban J connectivity index is 0.00000288. The molecule has 0 amide bonds. The summed E-state index contributed by atoms with van der Waals surface area (Å²) in [5.41, 5.74) is 0.896. The summed E-state index contributed by atoms with van der Waals surface area (Å²) in [6.07, 6.45) is 2.58. The summed E-state index contributed by atoms with van der Waals surface area (Å²) < 4.78 is 18.3. The van der Waals surface area contributed by atoms with Crippen LogP contribution in [0.1, 0.15) is 18.4 Å². The maximum Gasteiger partial charge on any atom is 0.191 e. The van der Waals surface area contributed by atoms with Crippen molar-refractivity contribution in [3.05, 3.63) is 35.6 Å². The number of nitrogens with zero attached hydrogens (tertiary/aromatic N) is 2. The first-order chi connectivity index (χ1) is 11.2. The molecule has 2 N–H and O–H groups in total. The van der Waals surface area contributed by atoms with Crippen LogP contribution in [0.3, 0.4) is 0 Å². The first-order valence-corrected chi connectivity index (χ1v) is 8.15. The lowest BCUT2D eigenvalue weighted by molar-refractivity contribution is 0.144. The number of hydrogen-bond acceptors (Lipinski definition) is 3. The molecule has 1 aromatic carbocycles. The van der Waals surface area contributed by atoms with E-state index < -0.39 is 0 Å². The number of halogens is 2. The van der Waals surface area contributed by atoms with E-state index in [-0.39, 0.29) is 29.8 Å². The zero-order valence-electron chi connectivity index (χ0n) is 14.4. The van der Waals surface area contributed by atoms with Crippen LogP contribution in [-0.4, -0.2) is 57.3 Å². The van der Waals surface area contributed by atoms with Gasteiger partial charge in [0.25, 0.3) is 0 Å². The highest BCUT2D eigenvalue weighted by molar-refractivity contribution is 14.0. The monoisotopic (exact) mass is 450 g/mol. The lowest BCUT2D eigenvalue weighted by atomic mass is 10.2. The predicted molar refractivity (Wildman–Crippen MR) is 106 cm³/mol. The third-order valence-electron chi connectivity index (χ3n) is 3.91. The number of aliphatic imine (C=N–C) groups is 1. The Labute approximate surface area is 161 Å². The van der Waals surface area contributed by atoms with Gasteiger partial charge in [0.15, 0.2) is 5.96 Å². The van der Waals surface area contributed by atoms with Crippen LogP contribution in [0.2, 0.25) is 0 Å². The Morgan fingerprint density at radius 2 is 2.12 bits per heavy atom. The summed E-state index contributed by atoms with van der Waals surface area (Å²) in [5, 5.41) is 6.51. The van der Waals surface area contributed by atoms with Crippen LogP contribution in [0.15, 0.2) is 29.3 Å². The zero-order valence-corrected chi connectivity index (χ0v) is 16.8. The van der Waals surface area contributed by atoms with Gasteiger partial charge in [-0.1, -0.05) is 12.1 Å². The fraction of sp³-hybridized carbons (Fsp3) is 0.588. The lowest BCUT2D eigenvalue weighted by Gasteiger charge is -2.22. The lowest BCUT2D eigenvalue weighted by Crippen LogP contribution is -2.42. The molecule has 0 aliphatic heterocycles. The Kier molecular flexibility index (Phi) is 10.2. The second-order valence-corrected chi connectivity index (χ2v) is 5.74. The average molecular weight is 450 g/mol. The zero-order chi connectivity index (χ0) is 16.5. The second kappa shape index (κ2) is 11.6. The third-order valence-corrected chi connectivity index (χ3v) is 3.91. The summed E-state index contributed by atoms with van der Waals surface area (Å²) in [7, 11) is 3.48. The van der Waals surface area contributed by atoms with Gasteiger partial charge in [0.2, 0.25) is 0 Å². The van der Waals surface area contributed by atoms with Gasteiger partial charge in [-0.15, -0.1) is 24.0 Å². The molecule has 0 aromatic heterocycles. The van der Waals surface area contributed by atoms with Crippen molar-refractivity contribution in [2.75, 3.05) is 40.4 Å². The summed E-state index contributed by atoms with van der Waals surface area (Å²) in [5.74, 6) is 0.516. The Morgan fingerprint density at radius 1 is 1.33 bits per heavy atom. The molecule has 1 saturated carbocycles. The van der Waals surface area contributed by atoms with Gasteiger partial charge in [0.1, 0.15) is 5.82 Å². The van der Waals surface area contributed by atoms with Crippen LogP contribution in [-0.2, 0) is 11.3 Å². The highest BCUT2D eigenvalue weighted by Gasteiger charge is 2.28. The molecule has 1 aromatic rings. The van der Waals surface area contributed by atoms with Gasteiger partial charge >= 0.3 is 0 Å². The topological polar surface area (TPSA) is 48.9 Å². The minimum absolute atomic E-state index is 0. The molecular formula is C17H28FIN4O. The van der Waals surface area contributed by atoms with Crippen LogP contribution >= 0.6 is 24.0 Å². The van der Waals surface area contributed by atoms with Crippen molar-refractivity contribution in [3.8, 4) is 0 Å². The number of nitrogens with one attached hydrogen (secondary N) is 2. The first-order valence-electron chi connectivity index (χ1n) is 8.15. The van der Waals surface area contributed by atoms with E-state index in [2.05, 4.69) is 20.5 Å². The van der Waals surface area contributed by atoms with Gasteiger partial charge < -0.3 is 15.4 Å². The molecule has 1 aliphatic rings. The maximum atomic E-state index is 13.2. The highest BCUT2D eigenvalue weighted by Crippen LogP contribution is 2.25. The van der Waals surface area contributed by atoms with Gasteiger partial charge in [0, 0.05) is 46.4 Å². The molecule has 1 fully saturated rings. The van der Waals surface area contributed by atoms with Crippen molar-refractivity contribution < 1.29 is 9.13 Å². The minimum atomic E-state index is -0.217. The number of methoxy groups -OCH3 is 1. The average Bonchev–Trinajstić information content (AvgIpc) is 3.38. The summed E-state index contributed by atoms with van der Waals surface area (Å²) in [6, 6.07) is 7.30. The second-order valence-electron chi connectivity index (χ2n) is 5.74. The van der Waals surface area contributed by atoms with Gasteiger partial charge in [-0.3, -0.25) is 9.89 Å². The van der Waals surface area contributed by atoms with E-state index in [4.69, 9.17) is 4.74 Å². The largest absolute Gasteiger partial charge is 0.383 e. The van der Waals surface area contributed by atoms with Crippen LogP contribution in [0.4, 0.5) is 4.39 Å². The van der Waals surface area contributed by atoms with Gasteiger partial charge in [-0.05, 0) is 30.5 Å². The number of benzene rings is 1. The molecule has 7 heteroatoms. The molecule has 136 valence electrons. The van der Waals surface area contributed by atoms with E-state index >= 15 is 0 Å². The van der Waals surface area contributed by atoms with Crippen LogP contribution < -0.4 is 10.6 Å². The Bertz CT molecular complexity index is 511. The molecule has 0 radical (unpaired) electrons. The van der Waals surface area contributed by atoms with Crippen LogP contribution in [0.5, 0.6) is 0 Å². The standard InChI is InChI=1S/C17H27FN4O.HI/c1-19-17(21-13-14-4-3-5-15(18)12-14)20-8-9-22(10-11-23-2)16-6-7-16;/h3-5,12,16H,6-11,13H2,1-2H3,(H2,19,20,21);1H. The fourth-order valence-electron chi connectivity index (χ4n) is 2.50. The summed E-state index contributed by atoms with van der Waals surface area (Å²) in [4.78, 5) is 6.66.